The van der Waals surface area contributed by atoms with E-state index in [-0.39, 0.29) is 11.8 Å². The number of nitrogens with zero attached hydrogens (tertiary/aromatic N) is 6. The summed E-state index contributed by atoms with van der Waals surface area (Å²) in [7, 11) is 9.48. The highest BCUT2D eigenvalue weighted by Crippen LogP contribution is 2.30. The summed E-state index contributed by atoms with van der Waals surface area (Å²) in [5, 5.41) is 10.1. The van der Waals surface area contributed by atoms with Crippen LogP contribution in [0.4, 0.5) is 17.8 Å². The summed E-state index contributed by atoms with van der Waals surface area (Å²) in [6.07, 6.45) is 0. The normalized spacial score (nSPS) is 11.9. The second kappa shape index (κ2) is 6.68. The molecular formula is C16H24N6O. The zero-order valence-electron chi connectivity index (χ0n) is 14.5. The van der Waals surface area contributed by atoms with Crippen LogP contribution in [0, 0.1) is 0 Å². The lowest BCUT2D eigenvalue weighted by molar-refractivity contribution is 0.462. The van der Waals surface area contributed by atoms with E-state index in [1.807, 2.05) is 75.1 Å². The number of anilines is 3. The zero-order chi connectivity index (χ0) is 17.1. The van der Waals surface area contributed by atoms with E-state index in [2.05, 4.69) is 15.0 Å². The van der Waals surface area contributed by atoms with Crippen molar-refractivity contribution >= 4 is 17.8 Å². The monoisotopic (exact) mass is 316 g/mol. The molecule has 0 aliphatic heterocycles. The highest BCUT2D eigenvalue weighted by atomic mass is 16.3. The molecule has 7 nitrogen and oxygen atoms in total. The fourth-order valence-electron chi connectivity index (χ4n) is 2.12. The Morgan fingerprint density at radius 2 is 1.30 bits per heavy atom. The van der Waals surface area contributed by atoms with Crippen LogP contribution < -0.4 is 14.7 Å². The van der Waals surface area contributed by atoms with Crippen LogP contribution in [-0.4, -0.2) is 55.3 Å². The number of aromatic hydroxyl groups is 1. The molecule has 0 radical (unpaired) electrons. The maximum atomic E-state index is 10.1. The minimum absolute atomic E-state index is 0.0800. The largest absolute Gasteiger partial charge is 0.508 e. The molecule has 0 aliphatic carbocycles. The number of hydrogen-bond donors (Lipinski definition) is 1. The predicted octanol–water partition coefficient (Wildman–Crippen LogP) is 1.91. The number of aromatic nitrogens is 3. The molecule has 0 bridgehead atoms. The van der Waals surface area contributed by atoms with Crippen molar-refractivity contribution < 1.29 is 5.11 Å². The Labute approximate surface area is 137 Å². The minimum Gasteiger partial charge on any atom is -0.508 e. The second-order valence-corrected chi connectivity index (χ2v) is 5.87. The summed E-state index contributed by atoms with van der Waals surface area (Å²) >= 11 is 0. The third-order valence-electron chi connectivity index (χ3n) is 3.68. The molecule has 1 heterocycles. The van der Waals surface area contributed by atoms with Gasteiger partial charge in [0.05, 0.1) is 6.04 Å². The molecule has 0 saturated carbocycles. The lowest BCUT2D eigenvalue weighted by Gasteiger charge is -2.27. The van der Waals surface area contributed by atoms with E-state index in [9.17, 15) is 5.11 Å². The maximum Gasteiger partial charge on any atom is 0.232 e. The number of hydrogen-bond acceptors (Lipinski definition) is 7. The summed E-state index contributed by atoms with van der Waals surface area (Å²) in [6, 6.07) is 7.22. The number of benzene rings is 1. The number of rotatable bonds is 5. The Morgan fingerprint density at radius 3 is 1.78 bits per heavy atom. The molecule has 0 fully saturated rings. The minimum atomic E-state index is -0.0800. The number of para-hydroxylation sites is 1. The molecule has 2 aromatic rings. The third kappa shape index (κ3) is 3.61. The van der Waals surface area contributed by atoms with Crippen LogP contribution in [-0.2, 0) is 0 Å². The standard InChI is InChI=1S/C16H24N6O/c1-11(12-9-7-8-10-13(12)23)22(6)16-18-14(20(2)3)17-15(19-16)21(4)5/h7-11,23H,1-6H3. The van der Waals surface area contributed by atoms with E-state index < -0.39 is 0 Å². The second-order valence-electron chi connectivity index (χ2n) is 5.87. The Morgan fingerprint density at radius 1 is 0.826 bits per heavy atom. The van der Waals surface area contributed by atoms with Crippen molar-refractivity contribution in [2.45, 2.75) is 13.0 Å². The Hall–Kier alpha value is -2.57. The van der Waals surface area contributed by atoms with Crippen LogP contribution in [0.15, 0.2) is 24.3 Å². The van der Waals surface area contributed by atoms with E-state index >= 15 is 0 Å². The van der Waals surface area contributed by atoms with Crippen LogP contribution >= 0.6 is 0 Å². The van der Waals surface area contributed by atoms with Gasteiger partial charge in [-0.3, -0.25) is 0 Å². The van der Waals surface area contributed by atoms with E-state index in [0.29, 0.717) is 17.8 Å². The van der Waals surface area contributed by atoms with E-state index in [4.69, 9.17) is 0 Å². The summed E-state index contributed by atoms with van der Waals surface area (Å²) in [5.41, 5.74) is 0.827. The first-order chi connectivity index (χ1) is 10.8. The van der Waals surface area contributed by atoms with Crippen molar-refractivity contribution in [3.63, 3.8) is 0 Å². The summed E-state index contributed by atoms with van der Waals surface area (Å²) < 4.78 is 0. The van der Waals surface area contributed by atoms with E-state index in [1.165, 1.54) is 0 Å². The van der Waals surface area contributed by atoms with E-state index in [0.717, 1.165) is 5.56 Å². The molecule has 124 valence electrons. The third-order valence-corrected chi connectivity index (χ3v) is 3.68. The van der Waals surface area contributed by atoms with Crippen LogP contribution in [0.3, 0.4) is 0 Å². The molecule has 0 amide bonds. The van der Waals surface area contributed by atoms with Crippen molar-refractivity contribution in [2.24, 2.45) is 0 Å². The van der Waals surface area contributed by atoms with Gasteiger partial charge >= 0.3 is 0 Å². The van der Waals surface area contributed by atoms with Crippen molar-refractivity contribution in [3.05, 3.63) is 29.8 Å². The van der Waals surface area contributed by atoms with Gasteiger partial charge in [0.25, 0.3) is 0 Å². The smallest absolute Gasteiger partial charge is 0.232 e. The number of phenols is 1. The van der Waals surface area contributed by atoms with Gasteiger partial charge in [-0.25, -0.2) is 0 Å². The first kappa shape index (κ1) is 16.8. The molecule has 0 aliphatic rings. The fourth-order valence-corrected chi connectivity index (χ4v) is 2.12. The SMILES string of the molecule is CC(c1ccccc1O)N(C)c1nc(N(C)C)nc(N(C)C)n1. The van der Waals surface area contributed by atoms with Crippen LogP contribution in [0.5, 0.6) is 5.75 Å². The van der Waals surface area contributed by atoms with Gasteiger partial charge in [-0.05, 0) is 13.0 Å². The molecule has 1 aromatic carbocycles. The zero-order valence-corrected chi connectivity index (χ0v) is 14.5. The van der Waals surface area contributed by atoms with Crippen LogP contribution in [0.1, 0.15) is 18.5 Å². The van der Waals surface area contributed by atoms with Crippen molar-refractivity contribution in [3.8, 4) is 5.75 Å². The van der Waals surface area contributed by atoms with Crippen LogP contribution in [0.25, 0.3) is 0 Å². The molecule has 7 heteroatoms. The molecule has 1 N–H and O–H groups in total. The van der Waals surface area contributed by atoms with Crippen LogP contribution in [0.2, 0.25) is 0 Å². The van der Waals surface area contributed by atoms with Gasteiger partial charge in [-0.15, -0.1) is 0 Å². The topological polar surface area (TPSA) is 68.6 Å². The summed E-state index contributed by atoms with van der Waals surface area (Å²) in [5.74, 6) is 2.01. The first-order valence-electron chi connectivity index (χ1n) is 7.42. The van der Waals surface area contributed by atoms with Gasteiger partial charge in [-0.2, -0.15) is 15.0 Å². The average Bonchev–Trinajstić information content (AvgIpc) is 2.53. The van der Waals surface area contributed by atoms with Gasteiger partial charge in [0, 0.05) is 40.8 Å². The predicted molar refractivity (Wildman–Crippen MR) is 93.4 cm³/mol. The Kier molecular flexibility index (Phi) is 4.88. The highest BCUT2D eigenvalue weighted by Gasteiger charge is 2.20. The molecule has 2 rings (SSSR count). The molecule has 1 atom stereocenters. The molecule has 1 unspecified atom stereocenters. The Bertz CT molecular complexity index is 647. The highest BCUT2D eigenvalue weighted by molar-refractivity contribution is 5.47. The lowest BCUT2D eigenvalue weighted by Crippen LogP contribution is -2.27. The molecule has 0 spiro atoms. The first-order valence-corrected chi connectivity index (χ1v) is 7.42. The maximum absolute atomic E-state index is 10.1. The van der Waals surface area contributed by atoms with Gasteiger partial charge in [0.1, 0.15) is 5.75 Å². The molecular weight excluding hydrogens is 292 g/mol. The van der Waals surface area contributed by atoms with Gasteiger partial charge in [-0.1, -0.05) is 18.2 Å². The molecule has 23 heavy (non-hydrogen) atoms. The molecule has 0 saturated heterocycles. The lowest BCUT2D eigenvalue weighted by atomic mass is 10.1. The Balaban J connectivity index is 2.42. The van der Waals surface area contributed by atoms with Crippen molar-refractivity contribution in [1.82, 2.24) is 15.0 Å². The fraction of sp³-hybridized carbons (Fsp3) is 0.438. The van der Waals surface area contributed by atoms with Gasteiger partial charge < -0.3 is 19.8 Å². The average molecular weight is 316 g/mol. The van der Waals surface area contributed by atoms with Crippen molar-refractivity contribution in [1.29, 1.82) is 0 Å². The van der Waals surface area contributed by atoms with Gasteiger partial charge in [0.2, 0.25) is 17.8 Å². The molecule has 1 aromatic heterocycles. The van der Waals surface area contributed by atoms with Gasteiger partial charge in [0.15, 0.2) is 0 Å². The summed E-state index contributed by atoms with van der Waals surface area (Å²) in [4.78, 5) is 19.1. The number of phenolic OH excluding ortho intramolecular Hbond substituents is 1. The quantitative estimate of drug-likeness (QED) is 0.903. The van der Waals surface area contributed by atoms with E-state index in [1.54, 1.807) is 6.07 Å². The van der Waals surface area contributed by atoms with Crippen molar-refractivity contribution in [2.75, 3.05) is 49.9 Å². The summed E-state index contributed by atoms with van der Waals surface area (Å²) in [6.45, 7) is 2.00.